The third kappa shape index (κ3) is 3.41. The molecule has 1 aliphatic rings. The van der Waals surface area contributed by atoms with Crippen molar-refractivity contribution in [3.05, 3.63) is 0 Å². The van der Waals surface area contributed by atoms with E-state index in [0.717, 1.165) is 19.6 Å². The Kier molecular flexibility index (Phi) is 4.99. The molecule has 4 heteroatoms. The summed E-state index contributed by atoms with van der Waals surface area (Å²) < 4.78 is 5.32. The highest BCUT2D eigenvalue weighted by Crippen LogP contribution is 2.13. The van der Waals surface area contributed by atoms with E-state index in [-0.39, 0.29) is 6.10 Å². The molecule has 15 heavy (non-hydrogen) atoms. The van der Waals surface area contributed by atoms with Crippen molar-refractivity contribution < 1.29 is 4.74 Å². The van der Waals surface area contributed by atoms with Gasteiger partial charge in [-0.2, -0.15) is 0 Å². The number of hydrogen-bond acceptors (Lipinski definition) is 4. The molecule has 0 aromatic carbocycles. The molecule has 0 aliphatic carbocycles. The Morgan fingerprint density at radius 3 is 2.27 bits per heavy atom. The Hall–Kier alpha value is -0.160. The smallest absolute Gasteiger partial charge is 0.0820 e. The number of ether oxygens (including phenoxy) is 1. The van der Waals surface area contributed by atoms with Crippen LogP contribution in [-0.4, -0.2) is 68.3 Å². The maximum Gasteiger partial charge on any atom is 0.0820 e. The first-order valence-electron chi connectivity index (χ1n) is 5.75. The molecule has 1 heterocycles. The predicted octanol–water partition coefficient (Wildman–Crippen LogP) is -0.0155. The normalized spacial score (nSPS) is 31.8. The van der Waals surface area contributed by atoms with Crippen molar-refractivity contribution in [3.8, 4) is 0 Å². The van der Waals surface area contributed by atoms with E-state index in [1.54, 1.807) is 7.11 Å². The first kappa shape index (κ1) is 12.9. The first-order valence-corrected chi connectivity index (χ1v) is 5.75. The summed E-state index contributed by atoms with van der Waals surface area (Å²) in [5, 5.41) is 0. The lowest BCUT2D eigenvalue weighted by atomic mass is 10.1. The number of methoxy groups -OCH3 is 1. The molecule has 2 N–H and O–H groups in total. The molecule has 3 atom stereocenters. The number of piperazine rings is 1. The van der Waals surface area contributed by atoms with Crippen LogP contribution in [0.3, 0.4) is 0 Å². The largest absolute Gasteiger partial charge is 0.379 e. The second kappa shape index (κ2) is 5.80. The van der Waals surface area contributed by atoms with Gasteiger partial charge >= 0.3 is 0 Å². The van der Waals surface area contributed by atoms with Gasteiger partial charge in [0.25, 0.3) is 0 Å². The topological polar surface area (TPSA) is 41.7 Å². The van der Waals surface area contributed by atoms with Gasteiger partial charge in [-0.05, 0) is 20.9 Å². The molecule has 1 saturated heterocycles. The Balaban J connectivity index is 2.43. The van der Waals surface area contributed by atoms with Gasteiger partial charge in [0.2, 0.25) is 0 Å². The van der Waals surface area contributed by atoms with E-state index in [1.165, 1.54) is 0 Å². The summed E-state index contributed by atoms with van der Waals surface area (Å²) in [6, 6.07) is 1.23. The Morgan fingerprint density at radius 1 is 1.33 bits per heavy atom. The highest BCUT2D eigenvalue weighted by molar-refractivity contribution is 4.83. The highest BCUT2D eigenvalue weighted by Gasteiger charge is 2.27. The molecule has 1 rings (SSSR count). The standard InChI is InChI=1S/C11H25N3O/c1-9-6-14(7-10(2)13(9)3)8-11(5-12)15-4/h9-11H,5-8,12H2,1-4H3. The summed E-state index contributed by atoms with van der Waals surface area (Å²) in [5.41, 5.74) is 5.63. The highest BCUT2D eigenvalue weighted by atomic mass is 16.5. The molecule has 0 amide bonds. The van der Waals surface area contributed by atoms with Crippen molar-refractivity contribution >= 4 is 0 Å². The molecular formula is C11H25N3O. The lowest BCUT2D eigenvalue weighted by Crippen LogP contribution is -2.56. The van der Waals surface area contributed by atoms with Gasteiger partial charge in [0, 0.05) is 45.4 Å². The van der Waals surface area contributed by atoms with Gasteiger partial charge in [0.1, 0.15) is 0 Å². The van der Waals surface area contributed by atoms with Gasteiger partial charge in [-0.15, -0.1) is 0 Å². The fourth-order valence-corrected chi connectivity index (χ4v) is 2.20. The van der Waals surface area contributed by atoms with Crippen molar-refractivity contribution in [2.45, 2.75) is 32.0 Å². The van der Waals surface area contributed by atoms with E-state index in [2.05, 4.69) is 30.7 Å². The second-order valence-electron chi connectivity index (χ2n) is 4.68. The lowest BCUT2D eigenvalue weighted by molar-refractivity contribution is 0.0158. The van der Waals surface area contributed by atoms with Crippen molar-refractivity contribution in [1.82, 2.24) is 9.80 Å². The Labute approximate surface area is 93.4 Å². The monoisotopic (exact) mass is 215 g/mol. The molecule has 90 valence electrons. The summed E-state index contributed by atoms with van der Waals surface area (Å²) in [7, 11) is 3.93. The van der Waals surface area contributed by atoms with Crippen LogP contribution in [0.5, 0.6) is 0 Å². The maximum atomic E-state index is 5.63. The number of likely N-dealkylation sites (N-methyl/N-ethyl adjacent to an activating group) is 1. The fraction of sp³-hybridized carbons (Fsp3) is 1.00. The number of hydrogen-bond donors (Lipinski definition) is 1. The number of nitrogens with two attached hydrogens (primary N) is 1. The Morgan fingerprint density at radius 2 is 1.87 bits per heavy atom. The zero-order chi connectivity index (χ0) is 11.4. The first-order chi connectivity index (χ1) is 7.08. The van der Waals surface area contributed by atoms with E-state index in [1.807, 2.05) is 0 Å². The minimum Gasteiger partial charge on any atom is -0.379 e. The van der Waals surface area contributed by atoms with Crippen LogP contribution >= 0.6 is 0 Å². The van der Waals surface area contributed by atoms with E-state index < -0.39 is 0 Å². The second-order valence-corrected chi connectivity index (χ2v) is 4.68. The van der Waals surface area contributed by atoms with Crippen LogP contribution in [0.25, 0.3) is 0 Å². The quantitative estimate of drug-likeness (QED) is 0.716. The minimum atomic E-state index is 0.174. The van der Waals surface area contributed by atoms with Crippen LogP contribution in [0.1, 0.15) is 13.8 Å². The molecule has 1 fully saturated rings. The molecule has 1 aliphatic heterocycles. The third-order valence-electron chi connectivity index (χ3n) is 3.49. The summed E-state index contributed by atoms with van der Waals surface area (Å²) in [4.78, 5) is 4.89. The molecule has 0 bridgehead atoms. The molecule has 0 spiro atoms. The van der Waals surface area contributed by atoms with E-state index in [4.69, 9.17) is 10.5 Å². The average molecular weight is 215 g/mol. The Bertz CT molecular complexity index is 173. The summed E-state index contributed by atoms with van der Waals surface area (Å²) >= 11 is 0. The fourth-order valence-electron chi connectivity index (χ4n) is 2.20. The van der Waals surface area contributed by atoms with E-state index in [9.17, 15) is 0 Å². The van der Waals surface area contributed by atoms with Crippen LogP contribution in [0, 0.1) is 0 Å². The van der Waals surface area contributed by atoms with E-state index in [0.29, 0.717) is 18.6 Å². The van der Waals surface area contributed by atoms with Gasteiger partial charge in [-0.3, -0.25) is 9.80 Å². The van der Waals surface area contributed by atoms with Gasteiger partial charge in [0.05, 0.1) is 6.10 Å². The van der Waals surface area contributed by atoms with Gasteiger partial charge in [-0.25, -0.2) is 0 Å². The summed E-state index contributed by atoms with van der Waals surface area (Å²) in [6.45, 7) is 8.32. The predicted molar refractivity (Wildman–Crippen MR) is 63.0 cm³/mol. The van der Waals surface area contributed by atoms with Gasteiger partial charge in [-0.1, -0.05) is 0 Å². The van der Waals surface area contributed by atoms with Crippen LogP contribution in [-0.2, 0) is 4.74 Å². The molecule has 0 aromatic rings. The summed E-state index contributed by atoms with van der Waals surface area (Å²) in [5.74, 6) is 0. The number of nitrogens with zero attached hydrogens (tertiary/aromatic N) is 2. The SMILES string of the molecule is COC(CN)CN1CC(C)N(C)C(C)C1. The summed E-state index contributed by atoms with van der Waals surface area (Å²) in [6.07, 6.45) is 0.174. The molecule has 0 aromatic heterocycles. The molecular weight excluding hydrogens is 190 g/mol. The van der Waals surface area contributed by atoms with Crippen molar-refractivity contribution in [2.24, 2.45) is 5.73 Å². The van der Waals surface area contributed by atoms with Crippen molar-refractivity contribution in [1.29, 1.82) is 0 Å². The minimum absolute atomic E-state index is 0.174. The zero-order valence-electron chi connectivity index (χ0n) is 10.4. The van der Waals surface area contributed by atoms with Crippen LogP contribution < -0.4 is 5.73 Å². The lowest BCUT2D eigenvalue weighted by Gasteiger charge is -2.43. The molecule has 0 radical (unpaired) electrons. The van der Waals surface area contributed by atoms with Crippen LogP contribution in [0.15, 0.2) is 0 Å². The maximum absolute atomic E-state index is 5.63. The van der Waals surface area contributed by atoms with E-state index >= 15 is 0 Å². The third-order valence-corrected chi connectivity index (χ3v) is 3.49. The van der Waals surface area contributed by atoms with Gasteiger partial charge < -0.3 is 10.5 Å². The molecule has 3 unspecified atom stereocenters. The molecule has 0 saturated carbocycles. The van der Waals surface area contributed by atoms with Crippen molar-refractivity contribution in [3.63, 3.8) is 0 Å². The number of rotatable bonds is 4. The zero-order valence-corrected chi connectivity index (χ0v) is 10.4. The van der Waals surface area contributed by atoms with Crippen LogP contribution in [0.4, 0.5) is 0 Å². The van der Waals surface area contributed by atoms with Crippen LogP contribution in [0.2, 0.25) is 0 Å². The van der Waals surface area contributed by atoms with Gasteiger partial charge in [0.15, 0.2) is 0 Å². The van der Waals surface area contributed by atoms with Crippen molar-refractivity contribution in [2.75, 3.05) is 40.3 Å². The molecule has 4 nitrogen and oxygen atoms in total. The average Bonchev–Trinajstić information content (AvgIpc) is 2.22.